The Bertz CT molecular complexity index is 708. The summed E-state index contributed by atoms with van der Waals surface area (Å²) in [7, 11) is 1.91. The van der Waals surface area contributed by atoms with E-state index in [1.165, 1.54) is 0 Å². The maximum atomic E-state index is 10.6. The van der Waals surface area contributed by atoms with Crippen LogP contribution in [0.2, 0.25) is 0 Å². The molecule has 0 aliphatic heterocycles. The predicted octanol–water partition coefficient (Wildman–Crippen LogP) is 3.16. The van der Waals surface area contributed by atoms with Crippen LogP contribution in [0.25, 0.3) is 22.6 Å². The highest BCUT2D eigenvalue weighted by Crippen LogP contribution is 2.25. The summed E-state index contributed by atoms with van der Waals surface area (Å²) >= 11 is 0. The Hall–Kier alpha value is -2.62. The maximum Gasteiger partial charge on any atom is 0.185 e. The van der Waals surface area contributed by atoms with E-state index in [2.05, 4.69) is 5.10 Å². The van der Waals surface area contributed by atoms with Gasteiger partial charge in [-0.3, -0.25) is 9.48 Å². The number of benzene rings is 1. The van der Waals surface area contributed by atoms with Gasteiger partial charge in [0.15, 0.2) is 12.0 Å². The molecule has 2 aromatic heterocycles. The summed E-state index contributed by atoms with van der Waals surface area (Å²) in [5, 5.41) is 4.15. The molecular formula is C15H12N2O2. The summed E-state index contributed by atoms with van der Waals surface area (Å²) in [6, 6.07) is 13.4. The first-order chi connectivity index (χ1) is 9.28. The van der Waals surface area contributed by atoms with Crippen LogP contribution in [0.3, 0.4) is 0 Å². The zero-order valence-corrected chi connectivity index (χ0v) is 10.4. The van der Waals surface area contributed by atoms with Gasteiger partial charge in [0, 0.05) is 18.8 Å². The second-order valence-electron chi connectivity index (χ2n) is 4.24. The Morgan fingerprint density at radius 3 is 2.37 bits per heavy atom. The SMILES string of the molecule is Cn1nccc1-c1ccc(-c2ccc(C=O)o2)cc1. The topological polar surface area (TPSA) is 48.0 Å². The molecular weight excluding hydrogens is 240 g/mol. The summed E-state index contributed by atoms with van der Waals surface area (Å²) in [6.07, 6.45) is 2.47. The summed E-state index contributed by atoms with van der Waals surface area (Å²) in [5.41, 5.74) is 3.09. The number of carbonyl (C=O) groups is 1. The van der Waals surface area contributed by atoms with Gasteiger partial charge in [-0.1, -0.05) is 24.3 Å². The quantitative estimate of drug-likeness (QED) is 0.673. The van der Waals surface area contributed by atoms with E-state index in [0.717, 1.165) is 16.8 Å². The van der Waals surface area contributed by atoms with Gasteiger partial charge in [0.25, 0.3) is 0 Å². The van der Waals surface area contributed by atoms with Crippen LogP contribution >= 0.6 is 0 Å². The van der Waals surface area contributed by atoms with E-state index in [9.17, 15) is 4.79 Å². The minimum Gasteiger partial charge on any atom is -0.453 e. The van der Waals surface area contributed by atoms with Crippen LogP contribution in [0.1, 0.15) is 10.6 Å². The number of aryl methyl sites for hydroxylation is 1. The second-order valence-corrected chi connectivity index (χ2v) is 4.24. The van der Waals surface area contributed by atoms with Gasteiger partial charge in [-0.15, -0.1) is 0 Å². The molecule has 0 aliphatic rings. The number of aldehydes is 1. The molecule has 3 aromatic rings. The fourth-order valence-electron chi connectivity index (χ4n) is 2.03. The van der Waals surface area contributed by atoms with Gasteiger partial charge in [-0.25, -0.2) is 0 Å². The zero-order chi connectivity index (χ0) is 13.2. The normalized spacial score (nSPS) is 10.6. The molecule has 0 bridgehead atoms. The molecule has 0 aliphatic carbocycles. The molecule has 4 heteroatoms. The molecule has 0 radical (unpaired) electrons. The number of hydrogen-bond donors (Lipinski definition) is 0. The van der Waals surface area contributed by atoms with Crippen LogP contribution in [-0.4, -0.2) is 16.1 Å². The van der Waals surface area contributed by atoms with E-state index in [1.807, 2.05) is 42.1 Å². The van der Waals surface area contributed by atoms with Gasteiger partial charge in [0.2, 0.25) is 0 Å². The highest BCUT2D eigenvalue weighted by atomic mass is 16.3. The first kappa shape index (κ1) is 11.5. The molecule has 3 rings (SSSR count). The van der Waals surface area contributed by atoms with Gasteiger partial charge >= 0.3 is 0 Å². The van der Waals surface area contributed by atoms with Crippen molar-refractivity contribution in [3.05, 3.63) is 54.4 Å². The van der Waals surface area contributed by atoms with Gasteiger partial charge in [0.05, 0.1) is 5.69 Å². The number of rotatable bonds is 3. The number of carbonyl (C=O) groups excluding carboxylic acids is 1. The van der Waals surface area contributed by atoms with Crippen molar-refractivity contribution in [2.75, 3.05) is 0 Å². The zero-order valence-electron chi connectivity index (χ0n) is 10.4. The summed E-state index contributed by atoms with van der Waals surface area (Å²) in [6.45, 7) is 0. The minimum absolute atomic E-state index is 0.339. The molecule has 0 N–H and O–H groups in total. The third kappa shape index (κ3) is 2.08. The van der Waals surface area contributed by atoms with Crippen molar-refractivity contribution in [1.29, 1.82) is 0 Å². The van der Waals surface area contributed by atoms with Crippen molar-refractivity contribution in [3.63, 3.8) is 0 Å². The summed E-state index contributed by atoms with van der Waals surface area (Å²) in [5.74, 6) is 1.03. The van der Waals surface area contributed by atoms with E-state index in [-0.39, 0.29) is 0 Å². The third-order valence-electron chi connectivity index (χ3n) is 3.03. The first-order valence-corrected chi connectivity index (χ1v) is 5.92. The van der Waals surface area contributed by atoms with Crippen molar-refractivity contribution in [1.82, 2.24) is 9.78 Å². The molecule has 0 spiro atoms. The third-order valence-corrected chi connectivity index (χ3v) is 3.03. The van der Waals surface area contributed by atoms with Gasteiger partial charge in [0.1, 0.15) is 5.76 Å². The lowest BCUT2D eigenvalue weighted by Crippen LogP contribution is -1.92. The average Bonchev–Trinajstić information content (AvgIpc) is 3.07. The van der Waals surface area contributed by atoms with Crippen LogP contribution < -0.4 is 0 Å². The van der Waals surface area contributed by atoms with Crippen molar-refractivity contribution < 1.29 is 9.21 Å². The fraction of sp³-hybridized carbons (Fsp3) is 0.0667. The van der Waals surface area contributed by atoms with Crippen molar-refractivity contribution in [2.24, 2.45) is 7.05 Å². The minimum atomic E-state index is 0.339. The average molecular weight is 252 g/mol. The van der Waals surface area contributed by atoms with Gasteiger partial charge in [-0.05, 0) is 23.8 Å². The van der Waals surface area contributed by atoms with Crippen molar-refractivity contribution in [2.45, 2.75) is 0 Å². The van der Waals surface area contributed by atoms with Crippen molar-refractivity contribution in [3.8, 4) is 22.6 Å². The highest BCUT2D eigenvalue weighted by Gasteiger charge is 2.06. The van der Waals surface area contributed by atoms with E-state index < -0.39 is 0 Å². The standard InChI is InChI=1S/C15H12N2O2/c1-17-14(8-9-16-17)11-2-4-12(5-3-11)15-7-6-13(10-18)19-15/h2-10H,1H3. The van der Waals surface area contributed by atoms with Gasteiger partial charge in [-0.2, -0.15) is 5.10 Å². The predicted molar refractivity (Wildman–Crippen MR) is 71.7 cm³/mol. The van der Waals surface area contributed by atoms with E-state index in [1.54, 1.807) is 18.3 Å². The number of hydrogen-bond acceptors (Lipinski definition) is 3. The molecule has 0 atom stereocenters. The molecule has 0 saturated carbocycles. The molecule has 94 valence electrons. The lowest BCUT2D eigenvalue weighted by molar-refractivity contribution is 0.110. The summed E-state index contributed by atoms with van der Waals surface area (Å²) < 4.78 is 7.21. The second kappa shape index (κ2) is 4.57. The number of aromatic nitrogens is 2. The molecule has 4 nitrogen and oxygen atoms in total. The Kier molecular flexibility index (Phi) is 2.76. The van der Waals surface area contributed by atoms with E-state index >= 15 is 0 Å². The Morgan fingerprint density at radius 1 is 1.05 bits per heavy atom. The molecule has 0 fully saturated rings. The fourth-order valence-corrected chi connectivity index (χ4v) is 2.03. The monoisotopic (exact) mass is 252 g/mol. The van der Waals surface area contributed by atoms with Gasteiger partial charge < -0.3 is 4.42 Å². The largest absolute Gasteiger partial charge is 0.453 e. The molecule has 2 heterocycles. The van der Waals surface area contributed by atoms with Crippen LogP contribution in [0.5, 0.6) is 0 Å². The molecule has 0 amide bonds. The maximum absolute atomic E-state index is 10.6. The molecule has 0 unspecified atom stereocenters. The van der Waals surface area contributed by atoms with E-state index in [4.69, 9.17) is 4.42 Å². The Balaban J connectivity index is 1.95. The smallest absolute Gasteiger partial charge is 0.185 e. The Labute approximate surface area is 110 Å². The van der Waals surface area contributed by atoms with Crippen LogP contribution in [-0.2, 0) is 7.05 Å². The van der Waals surface area contributed by atoms with Crippen LogP contribution in [0.4, 0.5) is 0 Å². The lowest BCUT2D eigenvalue weighted by Gasteiger charge is -2.03. The van der Waals surface area contributed by atoms with Crippen LogP contribution in [0, 0.1) is 0 Å². The number of furan rings is 1. The molecule has 1 aromatic carbocycles. The van der Waals surface area contributed by atoms with Crippen molar-refractivity contribution >= 4 is 6.29 Å². The molecule has 0 saturated heterocycles. The van der Waals surface area contributed by atoms with E-state index in [0.29, 0.717) is 17.8 Å². The highest BCUT2D eigenvalue weighted by molar-refractivity contribution is 5.73. The lowest BCUT2D eigenvalue weighted by atomic mass is 10.1. The number of nitrogens with zero attached hydrogens (tertiary/aromatic N) is 2. The Morgan fingerprint density at radius 2 is 1.79 bits per heavy atom. The summed E-state index contributed by atoms with van der Waals surface area (Å²) in [4.78, 5) is 10.6. The first-order valence-electron chi connectivity index (χ1n) is 5.92. The molecule has 19 heavy (non-hydrogen) atoms. The van der Waals surface area contributed by atoms with Crippen LogP contribution in [0.15, 0.2) is 53.1 Å².